The molecule has 0 aromatic rings. The Labute approximate surface area is 83.4 Å². The summed E-state index contributed by atoms with van der Waals surface area (Å²) in [5.74, 6) is 5.31. The average Bonchev–Trinajstić information content (AvgIpc) is 2.10. The topological polar surface area (TPSA) is 12.0 Å². The van der Waals surface area contributed by atoms with Crippen LogP contribution in [0, 0.1) is 12.3 Å². The van der Waals surface area contributed by atoms with Crippen molar-refractivity contribution in [3.8, 4) is 12.3 Å². The van der Waals surface area contributed by atoms with Crippen LogP contribution in [0.2, 0.25) is 0 Å². The molecule has 1 aliphatic heterocycles. The summed E-state index contributed by atoms with van der Waals surface area (Å²) in [5, 5.41) is 4.44. The lowest BCUT2D eigenvalue weighted by Gasteiger charge is -2.31. The van der Waals surface area contributed by atoms with Crippen LogP contribution in [0.3, 0.4) is 0 Å². The lowest BCUT2D eigenvalue weighted by Crippen LogP contribution is -2.41. The largest absolute Gasteiger partial charge is 0.306 e. The van der Waals surface area contributed by atoms with E-state index in [1.165, 1.54) is 11.5 Å². The van der Waals surface area contributed by atoms with Gasteiger partial charge in [0, 0.05) is 22.0 Å². The Kier molecular flexibility index (Phi) is 4.34. The zero-order valence-electron chi connectivity index (χ0n) is 7.54. The molecular weight excluding hydrogens is 186 g/mol. The molecule has 0 spiro atoms. The predicted molar refractivity (Wildman–Crippen MR) is 59.8 cm³/mol. The Morgan fingerprint density at radius 1 is 1.50 bits per heavy atom. The van der Waals surface area contributed by atoms with Gasteiger partial charge < -0.3 is 5.32 Å². The minimum atomic E-state index is 0.234. The zero-order valence-corrected chi connectivity index (χ0v) is 9.17. The summed E-state index contributed by atoms with van der Waals surface area (Å²) >= 11 is 4.03. The normalized spacial score (nSPS) is 32.4. The summed E-state index contributed by atoms with van der Waals surface area (Å²) < 4.78 is 0. The van der Waals surface area contributed by atoms with Gasteiger partial charge in [-0.2, -0.15) is 23.5 Å². The highest BCUT2D eigenvalue weighted by Crippen LogP contribution is 2.32. The molecule has 0 aromatic heterocycles. The van der Waals surface area contributed by atoms with Crippen molar-refractivity contribution in [3.63, 3.8) is 0 Å². The monoisotopic (exact) mass is 201 g/mol. The molecule has 3 atom stereocenters. The number of nitrogens with one attached hydrogen (secondary N) is 1. The van der Waals surface area contributed by atoms with Crippen molar-refractivity contribution in [2.24, 2.45) is 0 Å². The molecule has 12 heavy (non-hydrogen) atoms. The van der Waals surface area contributed by atoms with Crippen LogP contribution in [0.25, 0.3) is 0 Å². The van der Waals surface area contributed by atoms with Crippen LogP contribution >= 0.6 is 23.5 Å². The van der Waals surface area contributed by atoms with E-state index in [0.29, 0.717) is 10.5 Å². The Bertz CT molecular complexity index is 176. The van der Waals surface area contributed by atoms with Crippen molar-refractivity contribution in [2.75, 3.05) is 18.6 Å². The number of thioether (sulfide) groups is 2. The fraction of sp³-hybridized carbons (Fsp3) is 0.778. The van der Waals surface area contributed by atoms with Crippen LogP contribution in [0.4, 0.5) is 0 Å². The quantitative estimate of drug-likeness (QED) is 0.679. The molecule has 0 bridgehead atoms. The Morgan fingerprint density at radius 3 is 2.67 bits per heavy atom. The van der Waals surface area contributed by atoms with E-state index in [9.17, 15) is 0 Å². The molecule has 1 fully saturated rings. The molecular formula is C9H15NS2. The summed E-state index contributed by atoms with van der Waals surface area (Å²) in [5.41, 5.74) is 0. The first-order valence-electron chi connectivity index (χ1n) is 4.16. The molecule has 0 saturated carbocycles. The summed E-state index contributed by atoms with van der Waals surface area (Å²) in [6.07, 6.45) is 5.44. The first-order chi connectivity index (χ1) is 5.79. The molecule has 1 nitrogen and oxygen atoms in total. The summed E-state index contributed by atoms with van der Waals surface area (Å²) in [6.45, 7) is 2.27. The second-order valence-electron chi connectivity index (χ2n) is 2.84. The molecule has 0 aromatic carbocycles. The van der Waals surface area contributed by atoms with E-state index in [1.807, 2.05) is 30.6 Å². The Hall–Kier alpha value is 0.220. The van der Waals surface area contributed by atoms with Gasteiger partial charge in [-0.3, -0.25) is 0 Å². The van der Waals surface area contributed by atoms with Gasteiger partial charge in [-0.1, -0.05) is 12.8 Å². The highest BCUT2D eigenvalue weighted by molar-refractivity contribution is 8.07. The van der Waals surface area contributed by atoms with Crippen LogP contribution in [0.5, 0.6) is 0 Å². The minimum Gasteiger partial charge on any atom is -0.306 e. The minimum absolute atomic E-state index is 0.234. The fourth-order valence-corrected chi connectivity index (χ4v) is 4.27. The highest BCUT2D eigenvalue weighted by Gasteiger charge is 2.27. The van der Waals surface area contributed by atoms with Crippen LogP contribution in [0.15, 0.2) is 0 Å². The smallest absolute Gasteiger partial charge is 0.0815 e. The lowest BCUT2D eigenvalue weighted by molar-refractivity contribution is 0.641. The van der Waals surface area contributed by atoms with Crippen LogP contribution in [-0.2, 0) is 0 Å². The van der Waals surface area contributed by atoms with Gasteiger partial charge in [-0.25, -0.2) is 0 Å². The third kappa shape index (κ3) is 2.35. The Balaban J connectivity index is 2.53. The van der Waals surface area contributed by atoms with Gasteiger partial charge in [0.15, 0.2) is 0 Å². The van der Waals surface area contributed by atoms with Gasteiger partial charge in [-0.05, 0) is 7.05 Å². The molecule has 0 amide bonds. The summed E-state index contributed by atoms with van der Waals surface area (Å²) in [7, 11) is 1.94. The van der Waals surface area contributed by atoms with Crippen LogP contribution in [-0.4, -0.2) is 35.1 Å². The van der Waals surface area contributed by atoms with E-state index in [2.05, 4.69) is 18.2 Å². The van der Waals surface area contributed by atoms with Gasteiger partial charge in [0.05, 0.1) is 6.04 Å². The average molecular weight is 201 g/mol. The maximum Gasteiger partial charge on any atom is 0.0815 e. The molecule has 1 saturated heterocycles. The molecule has 0 radical (unpaired) electrons. The van der Waals surface area contributed by atoms with E-state index in [1.54, 1.807) is 0 Å². The molecule has 68 valence electrons. The van der Waals surface area contributed by atoms with Crippen molar-refractivity contribution >= 4 is 23.5 Å². The first-order valence-corrected chi connectivity index (χ1v) is 6.26. The predicted octanol–water partition coefficient (Wildman–Crippen LogP) is 1.44. The number of hydrogen-bond acceptors (Lipinski definition) is 3. The first kappa shape index (κ1) is 10.3. The van der Waals surface area contributed by atoms with Gasteiger partial charge in [0.2, 0.25) is 0 Å². The molecule has 1 aliphatic rings. The fourth-order valence-electron chi connectivity index (χ4n) is 1.36. The van der Waals surface area contributed by atoms with Crippen LogP contribution in [0.1, 0.15) is 6.92 Å². The lowest BCUT2D eigenvalue weighted by atomic mass is 10.1. The third-order valence-corrected chi connectivity index (χ3v) is 5.25. The van der Waals surface area contributed by atoms with E-state index in [-0.39, 0.29) is 6.04 Å². The maximum atomic E-state index is 5.44. The van der Waals surface area contributed by atoms with Crippen molar-refractivity contribution in [3.05, 3.63) is 0 Å². The molecule has 1 N–H and O–H groups in total. The number of hydrogen-bond donors (Lipinski definition) is 1. The molecule has 1 heterocycles. The Morgan fingerprint density at radius 2 is 2.17 bits per heavy atom. The van der Waals surface area contributed by atoms with E-state index >= 15 is 0 Å². The number of rotatable bonds is 2. The SMILES string of the molecule is C#CC(NC)C1SCCSC1C. The summed E-state index contributed by atoms with van der Waals surface area (Å²) in [6, 6.07) is 0.234. The maximum absolute atomic E-state index is 5.44. The highest BCUT2D eigenvalue weighted by atomic mass is 32.2. The molecule has 1 rings (SSSR count). The van der Waals surface area contributed by atoms with Crippen molar-refractivity contribution in [1.29, 1.82) is 0 Å². The van der Waals surface area contributed by atoms with Crippen LogP contribution < -0.4 is 5.32 Å². The molecule has 3 unspecified atom stereocenters. The summed E-state index contributed by atoms with van der Waals surface area (Å²) in [4.78, 5) is 0. The zero-order chi connectivity index (χ0) is 8.97. The van der Waals surface area contributed by atoms with Gasteiger partial charge in [0.1, 0.15) is 0 Å². The molecule has 3 heteroatoms. The van der Waals surface area contributed by atoms with E-state index < -0.39 is 0 Å². The standard InChI is InChI=1S/C9H15NS2/c1-4-8(10-3)9-7(2)11-5-6-12-9/h1,7-10H,5-6H2,2-3H3. The van der Waals surface area contributed by atoms with E-state index in [0.717, 1.165) is 0 Å². The van der Waals surface area contributed by atoms with Crippen molar-refractivity contribution in [2.45, 2.75) is 23.5 Å². The van der Waals surface area contributed by atoms with Crippen molar-refractivity contribution < 1.29 is 0 Å². The van der Waals surface area contributed by atoms with Gasteiger partial charge in [-0.15, -0.1) is 6.42 Å². The second-order valence-corrected chi connectivity index (χ2v) is 5.62. The third-order valence-electron chi connectivity index (χ3n) is 2.06. The van der Waals surface area contributed by atoms with Gasteiger partial charge in [0.25, 0.3) is 0 Å². The van der Waals surface area contributed by atoms with Gasteiger partial charge >= 0.3 is 0 Å². The molecule has 0 aliphatic carbocycles. The van der Waals surface area contributed by atoms with Crippen molar-refractivity contribution in [1.82, 2.24) is 5.32 Å². The second kappa shape index (κ2) is 5.06. The number of terminal acetylenes is 1. The van der Waals surface area contributed by atoms with E-state index in [4.69, 9.17) is 6.42 Å².